The van der Waals surface area contributed by atoms with E-state index in [2.05, 4.69) is 53.8 Å². The van der Waals surface area contributed by atoms with Crippen LogP contribution in [0.2, 0.25) is 0 Å². The van der Waals surface area contributed by atoms with E-state index in [0.717, 1.165) is 40.1 Å². The smallest absolute Gasteiger partial charge is 0.255 e. The first-order chi connectivity index (χ1) is 15.0. The summed E-state index contributed by atoms with van der Waals surface area (Å²) in [6, 6.07) is 15.6. The zero-order chi connectivity index (χ0) is 21.8. The number of hydrogen-bond acceptors (Lipinski definition) is 3. The SMILES string of the molecule is CC1=NC(NC(C)c2cccc(NC(=O)c3ccc4[nH]ccc4c3)c2)=CC(C)CC=C1. The maximum atomic E-state index is 12.8. The molecule has 2 heterocycles. The molecule has 3 aromatic rings. The van der Waals surface area contributed by atoms with Gasteiger partial charge in [-0.2, -0.15) is 0 Å². The van der Waals surface area contributed by atoms with E-state index in [-0.39, 0.29) is 11.9 Å². The van der Waals surface area contributed by atoms with E-state index < -0.39 is 0 Å². The van der Waals surface area contributed by atoms with Crippen molar-refractivity contribution in [2.45, 2.75) is 33.2 Å². The van der Waals surface area contributed by atoms with Crippen LogP contribution in [-0.4, -0.2) is 16.6 Å². The van der Waals surface area contributed by atoms with Gasteiger partial charge in [0, 0.05) is 34.1 Å². The molecular formula is C26H28N4O. The molecule has 0 fully saturated rings. The molecule has 2 aromatic carbocycles. The maximum Gasteiger partial charge on any atom is 0.255 e. The van der Waals surface area contributed by atoms with E-state index in [0.29, 0.717) is 11.5 Å². The van der Waals surface area contributed by atoms with Crippen molar-refractivity contribution in [1.29, 1.82) is 0 Å². The van der Waals surface area contributed by atoms with Crippen LogP contribution in [-0.2, 0) is 0 Å². The predicted molar refractivity (Wildman–Crippen MR) is 128 cm³/mol. The van der Waals surface area contributed by atoms with Gasteiger partial charge in [-0.1, -0.05) is 25.1 Å². The van der Waals surface area contributed by atoms with Crippen molar-refractivity contribution in [3.63, 3.8) is 0 Å². The number of aliphatic imine (C=N–C) groups is 1. The molecule has 0 spiro atoms. The van der Waals surface area contributed by atoms with E-state index in [1.807, 2.05) is 55.6 Å². The Hall–Kier alpha value is -3.60. The second kappa shape index (κ2) is 9.04. The van der Waals surface area contributed by atoms with Gasteiger partial charge < -0.3 is 15.6 Å². The van der Waals surface area contributed by atoms with Crippen molar-refractivity contribution in [2.24, 2.45) is 10.9 Å². The molecule has 5 heteroatoms. The largest absolute Gasteiger partial charge is 0.364 e. The third-order valence-electron chi connectivity index (χ3n) is 5.43. The van der Waals surface area contributed by atoms with E-state index in [9.17, 15) is 4.79 Å². The molecule has 3 N–H and O–H groups in total. The second-order valence-corrected chi connectivity index (χ2v) is 8.15. The van der Waals surface area contributed by atoms with Crippen LogP contribution in [0.1, 0.15) is 49.2 Å². The Bertz CT molecular complexity index is 1180. The maximum absolute atomic E-state index is 12.8. The molecular weight excluding hydrogens is 384 g/mol. The third-order valence-corrected chi connectivity index (χ3v) is 5.43. The molecule has 4 rings (SSSR count). The van der Waals surface area contributed by atoms with Gasteiger partial charge in [0.15, 0.2) is 0 Å². The molecule has 0 bridgehead atoms. The van der Waals surface area contributed by atoms with Crippen molar-refractivity contribution >= 4 is 28.2 Å². The molecule has 2 unspecified atom stereocenters. The predicted octanol–water partition coefficient (Wildman–Crippen LogP) is 5.97. The van der Waals surface area contributed by atoms with E-state index in [1.54, 1.807) is 0 Å². The third kappa shape index (κ3) is 5.12. The van der Waals surface area contributed by atoms with Crippen LogP contribution in [0.15, 0.2) is 83.8 Å². The molecule has 0 saturated carbocycles. The zero-order valence-corrected chi connectivity index (χ0v) is 18.1. The number of allylic oxidation sites excluding steroid dienone is 3. The summed E-state index contributed by atoms with van der Waals surface area (Å²) in [5.41, 5.74) is 4.49. The summed E-state index contributed by atoms with van der Waals surface area (Å²) in [4.78, 5) is 20.6. The Kier molecular flexibility index (Phi) is 6.03. The van der Waals surface area contributed by atoms with Gasteiger partial charge in [-0.25, -0.2) is 4.99 Å². The lowest BCUT2D eigenvalue weighted by Gasteiger charge is -2.19. The first-order valence-corrected chi connectivity index (χ1v) is 10.7. The average Bonchev–Trinajstić information content (AvgIpc) is 3.20. The first-order valence-electron chi connectivity index (χ1n) is 10.7. The molecule has 0 aliphatic carbocycles. The Morgan fingerprint density at radius 2 is 2.06 bits per heavy atom. The summed E-state index contributed by atoms with van der Waals surface area (Å²) in [7, 11) is 0. The Morgan fingerprint density at radius 1 is 1.19 bits per heavy atom. The highest BCUT2D eigenvalue weighted by Crippen LogP contribution is 2.21. The van der Waals surface area contributed by atoms with E-state index in [1.165, 1.54) is 0 Å². The molecule has 158 valence electrons. The highest BCUT2D eigenvalue weighted by atomic mass is 16.1. The number of H-pyrrole nitrogens is 1. The van der Waals surface area contributed by atoms with E-state index >= 15 is 0 Å². The summed E-state index contributed by atoms with van der Waals surface area (Å²) in [6.45, 7) is 6.30. The number of fused-ring (bicyclic) bond motifs is 1. The van der Waals surface area contributed by atoms with Gasteiger partial charge in [0.2, 0.25) is 0 Å². The molecule has 1 aromatic heterocycles. The Morgan fingerprint density at radius 3 is 2.94 bits per heavy atom. The summed E-state index contributed by atoms with van der Waals surface area (Å²) >= 11 is 0. The summed E-state index contributed by atoms with van der Waals surface area (Å²) in [5.74, 6) is 1.19. The standard InChI is InChI=1S/C26H28N4O/c1-17-6-4-7-18(2)28-25(14-17)29-19(3)20-8-5-9-23(16-20)30-26(31)22-10-11-24-21(15-22)12-13-27-24/h4-5,7-17,19,27,29H,6H2,1-3H3,(H,30,31). The van der Waals surface area contributed by atoms with Crippen LogP contribution >= 0.6 is 0 Å². The Labute approximate surface area is 183 Å². The van der Waals surface area contributed by atoms with Crippen LogP contribution in [0.5, 0.6) is 0 Å². The summed E-state index contributed by atoms with van der Waals surface area (Å²) < 4.78 is 0. The number of nitrogens with zero attached hydrogens (tertiary/aromatic N) is 1. The number of aromatic nitrogens is 1. The van der Waals surface area contributed by atoms with Crippen LogP contribution < -0.4 is 10.6 Å². The van der Waals surface area contributed by atoms with Crippen LogP contribution in [0, 0.1) is 5.92 Å². The minimum Gasteiger partial charge on any atom is -0.364 e. The zero-order valence-electron chi connectivity index (χ0n) is 18.1. The van der Waals surface area contributed by atoms with Crippen LogP contribution in [0.25, 0.3) is 10.9 Å². The van der Waals surface area contributed by atoms with Crippen molar-refractivity contribution in [3.05, 3.63) is 89.9 Å². The number of carbonyl (C=O) groups is 1. The molecule has 1 aliphatic heterocycles. The second-order valence-electron chi connectivity index (χ2n) is 8.15. The molecule has 0 saturated heterocycles. The number of carbonyl (C=O) groups excluding carboxylic acids is 1. The van der Waals surface area contributed by atoms with E-state index in [4.69, 9.17) is 4.99 Å². The van der Waals surface area contributed by atoms with Crippen LogP contribution in [0.4, 0.5) is 5.69 Å². The lowest BCUT2D eigenvalue weighted by atomic mass is 10.0. The van der Waals surface area contributed by atoms with Gasteiger partial charge in [-0.3, -0.25) is 4.79 Å². The Balaban J connectivity index is 1.48. The fourth-order valence-electron chi connectivity index (χ4n) is 3.72. The molecule has 0 radical (unpaired) electrons. The van der Waals surface area contributed by atoms with Crippen LogP contribution in [0.3, 0.4) is 0 Å². The number of hydrogen-bond donors (Lipinski definition) is 3. The topological polar surface area (TPSA) is 69.3 Å². The number of anilines is 1. The van der Waals surface area contributed by atoms with Gasteiger partial charge in [-0.05, 0) is 80.3 Å². The van der Waals surface area contributed by atoms with Gasteiger partial charge in [-0.15, -0.1) is 0 Å². The number of aromatic amines is 1. The van der Waals surface area contributed by atoms with Gasteiger partial charge in [0.05, 0.1) is 6.04 Å². The number of nitrogens with one attached hydrogen (secondary N) is 3. The minimum atomic E-state index is -0.121. The number of benzene rings is 2. The number of amides is 1. The fraction of sp³-hybridized carbons (Fsp3) is 0.231. The van der Waals surface area contributed by atoms with Gasteiger partial charge in [0.25, 0.3) is 5.91 Å². The molecule has 2 atom stereocenters. The highest BCUT2D eigenvalue weighted by molar-refractivity contribution is 6.06. The van der Waals surface area contributed by atoms with Crippen molar-refractivity contribution in [1.82, 2.24) is 10.3 Å². The monoisotopic (exact) mass is 412 g/mol. The summed E-state index contributed by atoms with van der Waals surface area (Å²) in [6.07, 6.45) is 9.28. The highest BCUT2D eigenvalue weighted by Gasteiger charge is 2.12. The van der Waals surface area contributed by atoms with Crippen molar-refractivity contribution in [3.8, 4) is 0 Å². The first kappa shape index (κ1) is 20.7. The lowest BCUT2D eigenvalue weighted by molar-refractivity contribution is 0.102. The van der Waals surface area contributed by atoms with Gasteiger partial charge >= 0.3 is 0 Å². The molecule has 5 nitrogen and oxygen atoms in total. The fourth-order valence-corrected chi connectivity index (χ4v) is 3.72. The molecule has 1 amide bonds. The average molecular weight is 413 g/mol. The normalized spacial score (nSPS) is 17.3. The molecule has 1 aliphatic rings. The van der Waals surface area contributed by atoms with Crippen molar-refractivity contribution < 1.29 is 4.79 Å². The summed E-state index contributed by atoms with van der Waals surface area (Å²) in [5, 5.41) is 7.55. The molecule has 31 heavy (non-hydrogen) atoms. The van der Waals surface area contributed by atoms with Crippen molar-refractivity contribution in [2.75, 3.05) is 5.32 Å². The minimum absolute atomic E-state index is 0.0477. The van der Waals surface area contributed by atoms with Gasteiger partial charge in [0.1, 0.15) is 5.82 Å². The quantitative estimate of drug-likeness (QED) is 0.483. The lowest BCUT2D eigenvalue weighted by Crippen LogP contribution is -2.19. The number of rotatable bonds is 5.